The Bertz CT molecular complexity index is 631. The second-order valence-electron chi connectivity index (χ2n) is 4.06. The van der Waals surface area contributed by atoms with E-state index in [-0.39, 0.29) is 18.1 Å². The average Bonchev–Trinajstić information content (AvgIpc) is 2.98. The first-order chi connectivity index (χ1) is 9.04. The van der Waals surface area contributed by atoms with Crippen LogP contribution in [0.5, 0.6) is 0 Å². The zero-order chi connectivity index (χ0) is 13.9. The Hall–Kier alpha value is -1.71. The minimum Gasteiger partial charge on any atom is -0.348 e. The molecule has 0 unspecified atom stereocenters. The van der Waals surface area contributed by atoms with Gasteiger partial charge in [0.05, 0.1) is 6.33 Å². The van der Waals surface area contributed by atoms with Crippen LogP contribution in [0, 0.1) is 6.92 Å². The molecule has 0 saturated heterocycles. The zero-order valence-electron chi connectivity index (χ0n) is 10.5. The van der Waals surface area contributed by atoms with E-state index in [0.29, 0.717) is 17.7 Å². The molecule has 2 rings (SSSR count). The molecular formula is C10H16N6O2S. The van der Waals surface area contributed by atoms with Gasteiger partial charge in [-0.05, 0) is 6.92 Å². The Morgan fingerprint density at radius 3 is 2.89 bits per heavy atom. The Balaban J connectivity index is 2.05. The predicted octanol–water partition coefficient (Wildman–Crippen LogP) is -0.579. The molecule has 5 N–H and O–H groups in total. The summed E-state index contributed by atoms with van der Waals surface area (Å²) >= 11 is 0. The van der Waals surface area contributed by atoms with Crippen molar-refractivity contribution in [2.75, 3.05) is 6.54 Å². The molecule has 2 heterocycles. The highest BCUT2D eigenvalue weighted by atomic mass is 32.2. The smallest absolute Gasteiger partial charge is 0.260 e. The van der Waals surface area contributed by atoms with Gasteiger partial charge in [0.25, 0.3) is 10.0 Å². The summed E-state index contributed by atoms with van der Waals surface area (Å²) in [4.78, 5) is 6.76. The van der Waals surface area contributed by atoms with Gasteiger partial charge in [-0.15, -0.1) is 0 Å². The topological polar surface area (TPSA) is 130 Å². The first-order valence-electron chi connectivity index (χ1n) is 5.75. The van der Waals surface area contributed by atoms with Crippen LogP contribution in [-0.4, -0.2) is 35.1 Å². The number of aryl methyl sites for hydroxylation is 1. The normalized spacial score (nSPS) is 11.9. The van der Waals surface area contributed by atoms with Crippen LogP contribution in [0.15, 0.2) is 17.6 Å². The van der Waals surface area contributed by atoms with Gasteiger partial charge in [-0.1, -0.05) is 0 Å². The molecule has 0 aliphatic rings. The Kier molecular flexibility index (Phi) is 3.98. The number of aromatic nitrogens is 4. The van der Waals surface area contributed by atoms with Gasteiger partial charge in [0.2, 0.25) is 0 Å². The van der Waals surface area contributed by atoms with Crippen molar-refractivity contribution >= 4 is 10.0 Å². The molecule has 0 atom stereocenters. The van der Waals surface area contributed by atoms with Crippen molar-refractivity contribution in [3.8, 4) is 0 Å². The van der Waals surface area contributed by atoms with E-state index < -0.39 is 10.0 Å². The lowest BCUT2D eigenvalue weighted by molar-refractivity contribution is 0.575. The number of nitrogens with zero attached hydrogens (tertiary/aromatic N) is 2. The fourth-order valence-corrected chi connectivity index (χ4v) is 2.94. The number of nitrogens with two attached hydrogens (primary N) is 1. The average molecular weight is 284 g/mol. The number of imidazole rings is 1. The third kappa shape index (κ3) is 3.00. The molecule has 0 fully saturated rings. The summed E-state index contributed by atoms with van der Waals surface area (Å²) in [6.07, 6.45) is 3.73. The lowest BCUT2D eigenvalue weighted by Crippen LogP contribution is -2.27. The number of aromatic amines is 2. The van der Waals surface area contributed by atoms with E-state index in [4.69, 9.17) is 5.73 Å². The van der Waals surface area contributed by atoms with E-state index in [2.05, 4.69) is 24.9 Å². The molecule has 19 heavy (non-hydrogen) atoms. The number of rotatable bonds is 6. The monoisotopic (exact) mass is 284 g/mol. The fraction of sp³-hybridized carbons (Fsp3) is 0.400. The van der Waals surface area contributed by atoms with Gasteiger partial charge >= 0.3 is 0 Å². The van der Waals surface area contributed by atoms with E-state index >= 15 is 0 Å². The summed E-state index contributed by atoms with van der Waals surface area (Å²) < 4.78 is 26.6. The van der Waals surface area contributed by atoms with Crippen molar-refractivity contribution in [1.29, 1.82) is 0 Å². The molecule has 2 aromatic rings. The van der Waals surface area contributed by atoms with Crippen LogP contribution in [0.4, 0.5) is 0 Å². The molecule has 0 saturated carbocycles. The summed E-state index contributed by atoms with van der Waals surface area (Å²) in [6.45, 7) is 2.12. The van der Waals surface area contributed by atoms with E-state index in [1.165, 1.54) is 0 Å². The Morgan fingerprint density at radius 2 is 2.26 bits per heavy atom. The molecule has 2 aromatic heterocycles. The number of sulfonamides is 1. The van der Waals surface area contributed by atoms with Crippen LogP contribution < -0.4 is 10.5 Å². The van der Waals surface area contributed by atoms with Crippen LogP contribution in [0.25, 0.3) is 0 Å². The summed E-state index contributed by atoms with van der Waals surface area (Å²) in [5, 5.41) is 6.40. The maximum absolute atomic E-state index is 12.1. The van der Waals surface area contributed by atoms with E-state index in [0.717, 1.165) is 5.69 Å². The third-order valence-electron chi connectivity index (χ3n) is 2.74. The maximum Gasteiger partial charge on any atom is 0.260 e. The molecule has 0 spiro atoms. The quantitative estimate of drug-likeness (QED) is 0.564. The SMILES string of the molecule is Cc1[nH]nc(S(=O)(=O)NCCc2cnc[nH]2)c1CN. The predicted molar refractivity (Wildman–Crippen MR) is 68.7 cm³/mol. The standard InChI is InChI=1S/C10H16N6O2S/c1-7-9(4-11)10(16-15-7)19(17,18)14-3-2-8-5-12-6-13-8/h5-6,14H,2-4,11H2,1H3,(H,12,13)(H,15,16). The van der Waals surface area contributed by atoms with Crippen molar-refractivity contribution in [1.82, 2.24) is 24.9 Å². The minimum atomic E-state index is -3.64. The number of H-pyrrole nitrogens is 2. The highest BCUT2D eigenvalue weighted by Gasteiger charge is 2.22. The number of hydrogen-bond donors (Lipinski definition) is 4. The number of nitrogens with one attached hydrogen (secondary N) is 3. The molecule has 0 amide bonds. The molecule has 0 aliphatic carbocycles. The van der Waals surface area contributed by atoms with Gasteiger partial charge in [0, 0.05) is 42.7 Å². The largest absolute Gasteiger partial charge is 0.348 e. The van der Waals surface area contributed by atoms with Crippen LogP contribution in [-0.2, 0) is 23.0 Å². The molecule has 0 bridgehead atoms. The molecule has 0 aromatic carbocycles. The highest BCUT2D eigenvalue weighted by Crippen LogP contribution is 2.14. The Morgan fingerprint density at radius 1 is 1.47 bits per heavy atom. The highest BCUT2D eigenvalue weighted by molar-refractivity contribution is 7.89. The van der Waals surface area contributed by atoms with Gasteiger partial charge in [0.15, 0.2) is 5.03 Å². The molecule has 9 heteroatoms. The first kappa shape index (κ1) is 13.7. The van der Waals surface area contributed by atoms with Crippen LogP contribution in [0.3, 0.4) is 0 Å². The van der Waals surface area contributed by atoms with E-state index in [9.17, 15) is 8.42 Å². The van der Waals surface area contributed by atoms with Crippen molar-refractivity contribution in [3.05, 3.63) is 29.5 Å². The van der Waals surface area contributed by atoms with Crippen molar-refractivity contribution in [2.24, 2.45) is 5.73 Å². The van der Waals surface area contributed by atoms with Crippen LogP contribution in [0.2, 0.25) is 0 Å². The molecular weight excluding hydrogens is 268 g/mol. The van der Waals surface area contributed by atoms with E-state index in [1.807, 2.05) is 0 Å². The second-order valence-corrected chi connectivity index (χ2v) is 5.74. The summed E-state index contributed by atoms with van der Waals surface area (Å²) in [7, 11) is -3.64. The van der Waals surface area contributed by atoms with Crippen molar-refractivity contribution in [2.45, 2.75) is 24.9 Å². The van der Waals surface area contributed by atoms with Gasteiger partial charge in [-0.3, -0.25) is 5.10 Å². The first-order valence-corrected chi connectivity index (χ1v) is 7.23. The fourth-order valence-electron chi connectivity index (χ4n) is 1.70. The summed E-state index contributed by atoms with van der Waals surface area (Å²) in [5.41, 5.74) is 7.57. The summed E-state index contributed by atoms with van der Waals surface area (Å²) in [5.74, 6) is 0. The molecule has 8 nitrogen and oxygen atoms in total. The van der Waals surface area contributed by atoms with E-state index in [1.54, 1.807) is 19.4 Å². The Labute approximate surface area is 110 Å². The van der Waals surface area contributed by atoms with Gasteiger partial charge in [-0.2, -0.15) is 5.10 Å². The lowest BCUT2D eigenvalue weighted by Gasteiger charge is -2.05. The number of hydrogen-bond acceptors (Lipinski definition) is 5. The van der Waals surface area contributed by atoms with Crippen LogP contribution in [0.1, 0.15) is 17.0 Å². The zero-order valence-corrected chi connectivity index (χ0v) is 11.3. The molecule has 0 radical (unpaired) electrons. The van der Waals surface area contributed by atoms with Gasteiger partial charge in [-0.25, -0.2) is 18.1 Å². The van der Waals surface area contributed by atoms with Crippen molar-refractivity contribution in [3.63, 3.8) is 0 Å². The minimum absolute atomic E-state index is 0.0305. The third-order valence-corrected chi connectivity index (χ3v) is 4.17. The summed E-state index contributed by atoms with van der Waals surface area (Å²) in [6, 6.07) is 0. The van der Waals surface area contributed by atoms with Gasteiger partial charge in [0.1, 0.15) is 0 Å². The van der Waals surface area contributed by atoms with Gasteiger partial charge < -0.3 is 10.7 Å². The lowest BCUT2D eigenvalue weighted by atomic mass is 10.3. The second kappa shape index (κ2) is 5.51. The van der Waals surface area contributed by atoms with Crippen LogP contribution >= 0.6 is 0 Å². The molecule has 104 valence electrons. The molecule has 0 aliphatic heterocycles. The van der Waals surface area contributed by atoms with Crippen molar-refractivity contribution < 1.29 is 8.42 Å². The maximum atomic E-state index is 12.1.